The van der Waals surface area contributed by atoms with Crippen molar-refractivity contribution >= 4 is 23.7 Å². The van der Waals surface area contributed by atoms with Crippen LogP contribution in [-0.2, 0) is 9.53 Å². The maximum atomic E-state index is 13.5. The van der Waals surface area contributed by atoms with E-state index in [4.69, 9.17) is 9.84 Å². The van der Waals surface area contributed by atoms with E-state index >= 15 is 0 Å². The van der Waals surface area contributed by atoms with Crippen LogP contribution in [0.2, 0.25) is 0 Å². The minimum atomic E-state index is -1.41. The summed E-state index contributed by atoms with van der Waals surface area (Å²) in [6.45, 7) is 0.503. The van der Waals surface area contributed by atoms with Gasteiger partial charge in [0.05, 0.1) is 5.56 Å². The van der Waals surface area contributed by atoms with Gasteiger partial charge >= 0.3 is 12.1 Å². The van der Waals surface area contributed by atoms with Crippen molar-refractivity contribution in [2.45, 2.75) is 12.3 Å². The van der Waals surface area contributed by atoms with Gasteiger partial charge < -0.3 is 20.5 Å². The molecular formula is C27H23FN2O5. The van der Waals surface area contributed by atoms with Crippen LogP contribution < -0.4 is 10.6 Å². The van der Waals surface area contributed by atoms with Gasteiger partial charge in [-0.25, -0.2) is 14.0 Å². The molecule has 0 saturated heterocycles. The number of nitrogens with one attached hydrogen (secondary N) is 2. The zero-order valence-electron chi connectivity index (χ0n) is 18.7. The van der Waals surface area contributed by atoms with Crippen LogP contribution in [0.4, 0.5) is 14.9 Å². The molecule has 2 aliphatic carbocycles. The molecule has 35 heavy (non-hydrogen) atoms. The summed E-state index contributed by atoms with van der Waals surface area (Å²) in [6, 6.07) is 19.6. The van der Waals surface area contributed by atoms with Crippen LogP contribution in [0.15, 0.2) is 66.7 Å². The average Bonchev–Trinajstić information content (AvgIpc) is 3.57. The van der Waals surface area contributed by atoms with Crippen LogP contribution >= 0.6 is 0 Å². The zero-order valence-corrected chi connectivity index (χ0v) is 18.7. The fourth-order valence-corrected chi connectivity index (χ4v) is 4.66. The van der Waals surface area contributed by atoms with E-state index in [0.29, 0.717) is 13.0 Å². The van der Waals surface area contributed by atoms with Crippen molar-refractivity contribution in [3.63, 3.8) is 0 Å². The third kappa shape index (κ3) is 4.59. The standard InChI is InChI=1S/C27H23FN2O5/c28-24-10-9-16(12-22(24)26(32)33)30-25(31)21-11-15(21)13-29-27(34)35-14-23-19-7-3-1-5-17(19)18-6-2-4-8-20(18)23/h1-10,12,15,21,23H,11,13-14H2,(H,29,34)(H,30,31)(H,32,33). The Kier molecular flexibility index (Phi) is 5.94. The lowest BCUT2D eigenvalue weighted by Crippen LogP contribution is -2.29. The summed E-state index contributed by atoms with van der Waals surface area (Å²) >= 11 is 0. The number of halogens is 1. The highest BCUT2D eigenvalue weighted by Crippen LogP contribution is 2.44. The van der Waals surface area contributed by atoms with Crippen molar-refractivity contribution in [3.8, 4) is 11.1 Å². The second kappa shape index (κ2) is 9.21. The average molecular weight is 474 g/mol. The van der Waals surface area contributed by atoms with E-state index in [2.05, 4.69) is 34.9 Å². The van der Waals surface area contributed by atoms with Crippen molar-refractivity contribution in [2.75, 3.05) is 18.5 Å². The molecule has 0 radical (unpaired) electrons. The Hall–Kier alpha value is -4.20. The molecule has 2 aliphatic rings. The van der Waals surface area contributed by atoms with Crippen molar-refractivity contribution in [1.82, 2.24) is 5.32 Å². The Balaban J connectivity index is 1.11. The molecule has 7 nitrogen and oxygen atoms in total. The predicted molar refractivity (Wildman–Crippen MR) is 127 cm³/mol. The number of carbonyl (C=O) groups excluding carboxylic acids is 2. The third-order valence-electron chi connectivity index (χ3n) is 6.58. The number of fused-ring (bicyclic) bond motifs is 3. The van der Waals surface area contributed by atoms with Crippen LogP contribution in [0.1, 0.15) is 33.8 Å². The molecule has 1 fully saturated rings. The van der Waals surface area contributed by atoms with Crippen LogP contribution in [-0.4, -0.2) is 36.2 Å². The van der Waals surface area contributed by atoms with Crippen LogP contribution in [0.25, 0.3) is 11.1 Å². The molecule has 0 bridgehead atoms. The number of hydrogen-bond donors (Lipinski definition) is 3. The molecule has 0 heterocycles. The number of carboxylic acids is 1. The number of carboxylic acid groups (broad SMARTS) is 1. The minimum absolute atomic E-state index is 0.0287. The fraction of sp³-hybridized carbons (Fsp3) is 0.222. The lowest BCUT2D eigenvalue weighted by atomic mass is 9.98. The van der Waals surface area contributed by atoms with Gasteiger partial charge in [-0.05, 0) is 52.8 Å². The van der Waals surface area contributed by atoms with E-state index in [0.717, 1.165) is 34.4 Å². The number of hydrogen-bond acceptors (Lipinski definition) is 4. The highest BCUT2D eigenvalue weighted by molar-refractivity contribution is 5.96. The fourth-order valence-electron chi connectivity index (χ4n) is 4.66. The second-order valence-electron chi connectivity index (χ2n) is 8.80. The summed E-state index contributed by atoms with van der Waals surface area (Å²) in [4.78, 5) is 35.8. The van der Waals surface area contributed by atoms with E-state index in [-0.39, 0.29) is 36.0 Å². The number of ether oxygens (including phenoxy) is 1. The summed E-state index contributed by atoms with van der Waals surface area (Å²) in [7, 11) is 0. The number of carbonyl (C=O) groups is 3. The highest BCUT2D eigenvalue weighted by atomic mass is 19.1. The molecule has 0 spiro atoms. The Morgan fingerprint density at radius 3 is 2.29 bits per heavy atom. The molecule has 5 rings (SSSR count). The molecule has 178 valence electrons. The number of amides is 2. The lowest BCUT2D eigenvalue weighted by molar-refractivity contribution is -0.117. The van der Waals surface area contributed by atoms with Crippen LogP contribution in [0.5, 0.6) is 0 Å². The van der Waals surface area contributed by atoms with Gasteiger partial charge in [0.15, 0.2) is 0 Å². The zero-order chi connectivity index (χ0) is 24.5. The monoisotopic (exact) mass is 474 g/mol. The van der Waals surface area contributed by atoms with E-state index < -0.39 is 23.4 Å². The van der Waals surface area contributed by atoms with Crippen molar-refractivity contribution in [1.29, 1.82) is 0 Å². The highest BCUT2D eigenvalue weighted by Gasteiger charge is 2.43. The van der Waals surface area contributed by atoms with Gasteiger partial charge in [0.1, 0.15) is 12.4 Å². The summed E-state index contributed by atoms with van der Waals surface area (Å²) in [5, 5.41) is 14.4. The molecule has 3 aromatic rings. The molecule has 2 atom stereocenters. The predicted octanol–water partition coefficient (Wildman–Crippen LogP) is 4.64. The SMILES string of the molecule is O=C(NCC1CC1C(=O)Nc1ccc(F)c(C(=O)O)c1)OCC1c2ccccc2-c2ccccc21. The quantitative estimate of drug-likeness (QED) is 0.463. The molecule has 1 saturated carbocycles. The van der Waals surface area contributed by atoms with Crippen molar-refractivity contribution < 1.29 is 28.6 Å². The van der Waals surface area contributed by atoms with E-state index in [1.807, 2.05) is 24.3 Å². The largest absolute Gasteiger partial charge is 0.478 e. The van der Waals surface area contributed by atoms with E-state index in [1.165, 1.54) is 6.07 Å². The second-order valence-corrected chi connectivity index (χ2v) is 8.80. The number of benzene rings is 3. The summed E-state index contributed by atoms with van der Waals surface area (Å²) in [5.74, 6) is -2.97. The molecule has 8 heteroatoms. The van der Waals surface area contributed by atoms with E-state index in [9.17, 15) is 18.8 Å². The molecule has 2 unspecified atom stereocenters. The first-order valence-corrected chi connectivity index (χ1v) is 11.3. The van der Waals surface area contributed by atoms with Gasteiger partial charge in [0.2, 0.25) is 5.91 Å². The van der Waals surface area contributed by atoms with Gasteiger partial charge in [-0.3, -0.25) is 4.79 Å². The Morgan fingerprint density at radius 1 is 0.971 bits per heavy atom. The molecular weight excluding hydrogens is 451 g/mol. The maximum Gasteiger partial charge on any atom is 0.407 e. The molecule has 0 aliphatic heterocycles. The topological polar surface area (TPSA) is 105 Å². The summed E-state index contributed by atoms with van der Waals surface area (Å²) in [6.07, 6.45) is 0.0465. The Morgan fingerprint density at radius 2 is 1.63 bits per heavy atom. The first kappa shape index (κ1) is 22.6. The number of anilines is 1. The number of aromatic carboxylic acids is 1. The van der Waals surface area contributed by atoms with Crippen molar-refractivity contribution in [2.24, 2.45) is 11.8 Å². The van der Waals surface area contributed by atoms with Crippen LogP contribution in [0, 0.1) is 17.7 Å². The first-order chi connectivity index (χ1) is 16.9. The Labute approximate surface area is 200 Å². The summed E-state index contributed by atoms with van der Waals surface area (Å²) in [5.41, 5.74) is 4.27. The van der Waals surface area contributed by atoms with Gasteiger partial charge in [-0.15, -0.1) is 0 Å². The molecule has 2 amide bonds. The van der Waals surface area contributed by atoms with Gasteiger partial charge in [0, 0.05) is 24.1 Å². The minimum Gasteiger partial charge on any atom is -0.478 e. The number of rotatable bonds is 7. The van der Waals surface area contributed by atoms with Crippen molar-refractivity contribution in [3.05, 3.63) is 89.2 Å². The lowest BCUT2D eigenvalue weighted by Gasteiger charge is -2.14. The first-order valence-electron chi connectivity index (χ1n) is 11.3. The Bertz CT molecular complexity index is 1280. The maximum absolute atomic E-state index is 13.5. The summed E-state index contributed by atoms with van der Waals surface area (Å²) < 4.78 is 19.0. The van der Waals surface area contributed by atoms with Gasteiger partial charge in [-0.1, -0.05) is 48.5 Å². The third-order valence-corrected chi connectivity index (χ3v) is 6.58. The van der Waals surface area contributed by atoms with E-state index in [1.54, 1.807) is 0 Å². The van der Waals surface area contributed by atoms with Crippen LogP contribution in [0.3, 0.4) is 0 Å². The van der Waals surface area contributed by atoms with Gasteiger partial charge in [0.25, 0.3) is 0 Å². The number of alkyl carbamates (subject to hydrolysis) is 1. The molecule has 0 aromatic heterocycles. The van der Waals surface area contributed by atoms with Gasteiger partial charge in [-0.2, -0.15) is 0 Å². The molecule has 3 aromatic carbocycles. The smallest absolute Gasteiger partial charge is 0.407 e. The normalized spacial score (nSPS) is 17.7. The molecule has 3 N–H and O–H groups in total.